The second-order valence-corrected chi connectivity index (χ2v) is 8.72. The fraction of sp³-hybridized carbons (Fsp3) is 0.429. The molecule has 1 aliphatic carbocycles. The highest BCUT2D eigenvalue weighted by Crippen LogP contribution is 2.35. The quantitative estimate of drug-likeness (QED) is 0.708. The van der Waals surface area contributed by atoms with Crippen LogP contribution in [0.1, 0.15) is 48.1 Å². The van der Waals surface area contributed by atoms with Crippen LogP contribution >= 0.6 is 11.3 Å². The minimum atomic E-state index is -0.162. The molecule has 0 fully saturated rings. The van der Waals surface area contributed by atoms with Gasteiger partial charge in [-0.15, -0.1) is 11.3 Å². The highest BCUT2D eigenvalue weighted by Gasteiger charge is 2.24. The maximum absolute atomic E-state index is 13.7. The van der Waals surface area contributed by atoms with E-state index in [1.54, 1.807) is 17.4 Å². The summed E-state index contributed by atoms with van der Waals surface area (Å²) < 4.78 is 13.7. The predicted octanol–water partition coefficient (Wildman–Crippen LogP) is 3.12. The van der Waals surface area contributed by atoms with E-state index in [1.807, 2.05) is 19.1 Å². The van der Waals surface area contributed by atoms with E-state index in [4.69, 9.17) is 4.98 Å². The molecule has 0 amide bonds. The van der Waals surface area contributed by atoms with Crippen LogP contribution in [0, 0.1) is 11.7 Å². The van der Waals surface area contributed by atoms with Crippen LogP contribution < -0.4 is 10.9 Å². The van der Waals surface area contributed by atoms with E-state index in [2.05, 4.69) is 17.2 Å². The maximum Gasteiger partial charge on any atom is 0.260 e. The molecular weight excluding hydrogens is 361 g/mol. The summed E-state index contributed by atoms with van der Waals surface area (Å²) in [5, 5.41) is 2.90. The third-order valence-electron chi connectivity index (χ3n) is 5.51. The number of rotatable bonds is 5. The minimum absolute atomic E-state index is 0.0172. The number of nitrogens with one attached hydrogen (secondary N) is 1. The van der Waals surface area contributed by atoms with Crippen molar-refractivity contribution in [2.75, 3.05) is 6.54 Å². The van der Waals surface area contributed by atoms with E-state index in [9.17, 15) is 9.18 Å². The van der Waals surface area contributed by atoms with Gasteiger partial charge < -0.3 is 10.3 Å². The summed E-state index contributed by atoms with van der Waals surface area (Å²) >= 11 is 1.68. The summed E-state index contributed by atoms with van der Waals surface area (Å²) in [6.45, 7) is 5.03. The lowest BCUT2D eigenvalue weighted by Gasteiger charge is -2.17. The summed E-state index contributed by atoms with van der Waals surface area (Å²) in [5.74, 6) is 1.22. The van der Waals surface area contributed by atoms with Crippen LogP contribution in [0.4, 0.5) is 4.39 Å². The molecule has 0 spiro atoms. The van der Waals surface area contributed by atoms with Crippen molar-refractivity contribution in [3.63, 3.8) is 0 Å². The molecule has 1 aromatic carbocycles. The Morgan fingerprint density at radius 1 is 1.41 bits per heavy atom. The number of aromatic amines is 1. The smallest absolute Gasteiger partial charge is 0.260 e. The fourth-order valence-corrected chi connectivity index (χ4v) is 5.27. The number of aryl methyl sites for hydroxylation is 1. The number of H-pyrrole nitrogens is 1. The molecule has 1 aliphatic rings. The Morgan fingerprint density at radius 3 is 3.04 bits per heavy atom. The van der Waals surface area contributed by atoms with Gasteiger partial charge in [0, 0.05) is 11.3 Å². The Morgan fingerprint density at radius 2 is 2.22 bits per heavy atom. The van der Waals surface area contributed by atoms with Crippen LogP contribution in [0.25, 0.3) is 10.2 Å². The van der Waals surface area contributed by atoms with Gasteiger partial charge in [0.25, 0.3) is 5.56 Å². The van der Waals surface area contributed by atoms with Gasteiger partial charge in [0.05, 0.1) is 11.9 Å². The molecule has 2 aromatic heterocycles. The molecular formula is C21H25FN3OS+. The summed E-state index contributed by atoms with van der Waals surface area (Å²) in [5.41, 5.74) is 1.92. The normalized spacial score (nSPS) is 17.8. The van der Waals surface area contributed by atoms with Crippen LogP contribution in [0.5, 0.6) is 0 Å². The summed E-state index contributed by atoms with van der Waals surface area (Å²) in [6, 6.07) is 6.89. The molecule has 4 nitrogen and oxygen atoms in total. The van der Waals surface area contributed by atoms with E-state index >= 15 is 0 Å². The average molecular weight is 387 g/mol. The van der Waals surface area contributed by atoms with E-state index < -0.39 is 0 Å². The zero-order valence-electron chi connectivity index (χ0n) is 15.7. The number of nitrogens with two attached hydrogens (primary N) is 1. The molecule has 0 radical (unpaired) electrons. The average Bonchev–Trinajstić information content (AvgIpc) is 3.01. The van der Waals surface area contributed by atoms with Gasteiger partial charge in [0.1, 0.15) is 16.7 Å². The fourth-order valence-electron chi connectivity index (χ4n) is 3.88. The van der Waals surface area contributed by atoms with Crippen LogP contribution in [-0.4, -0.2) is 16.5 Å². The van der Waals surface area contributed by atoms with Gasteiger partial charge >= 0.3 is 0 Å². The van der Waals surface area contributed by atoms with Crippen molar-refractivity contribution in [1.29, 1.82) is 0 Å². The zero-order valence-corrected chi connectivity index (χ0v) is 16.5. The van der Waals surface area contributed by atoms with Gasteiger partial charge in [-0.2, -0.15) is 0 Å². The monoisotopic (exact) mass is 386 g/mol. The van der Waals surface area contributed by atoms with Gasteiger partial charge in [0.2, 0.25) is 0 Å². The number of halogens is 1. The summed E-state index contributed by atoms with van der Waals surface area (Å²) in [7, 11) is 0. The van der Waals surface area contributed by atoms with Gasteiger partial charge in [-0.3, -0.25) is 4.79 Å². The van der Waals surface area contributed by atoms with E-state index in [-0.39, 0.29) is 17.4 Å². The first kappa shape index (κ1) is 18.3. The second-order valence-electron chi connectivity index (χ2n) is 7.64. The summed E-state index contributed by atoms with van der Waals surface area (Å²) in [4.78, 5) is 22.7. The highest BCUT2D eigenvalue weighted by molar-refractivity contribution is 7.18. The first-order chi connectivity index (χ1) is 13.0. The van der Waals surface area contributed by atoms with Gasteiger partial charge in [0.15, 0.2) is 5.82 Å². The number of aromatic nitrogens is 2. The second kappa shape index (κ2) is 7.52. The maximum atomic E-state index is 13.7. The molecule has 2 heterocycles. The van der Waals surface area contributed by atoms with Crippen molar-refractivity contribution in [2.24, 2.45) is 5.92 Å². The number of benzene rings is 1. The van der Waals surface area contributed by atoms with Crippen molar-refractivity contribution >= 4 is 21.6 Å². The Bertz CT molecular complexity index is 1030. The third-order valence-corrected chi connectivity index (χ3v) is 6.66. The van der Waals surface area contributed by atoms with Crippen molar-refractivity contribution in [3.8, 4) is 0 Å². The van der Waals surface area contributed by atoms with Crippen molar-refractivity contribution in [3.05, 3.63) is 62.3 Å². The predicted molar refractivity (Wildman–Crippen MR) is 107 cm³/mol. The molecule has 3 N–H and O–H groups in total. The van der Waals surface area contributed by atoms with Crippen LogP contribution in [0.2, 0.25) is 0 Å². The number of quaternary nitrogens is 1. The lowest BCUT2D eigenvalue weighted by molar-refractivity contribution is -0.693. The number of hydrogen-bond donors (Lipinski definition) is 2. The third kappa shape index (κ3) is 3.69. The Balaban J connectivity index is 1.51. The number of fused-ring (bicyclic) bond motifs is 3. The Kier molecular flexibility index (Phi) is 5.10. The van der Waals surface area contributed by atoms with Crippen LogP contribution in [0.15, 0.2) is 29.1 Å². The van der Waals surface area contributed by atoms with Crippen molar-refractivity contribution < 1.29 is 9.71 Å². The molecule has 0 saturated carbocycles. The SMILES string of the molecule is C[C@@H]1CCc2c(sc3nc([C@H](C)[NH2+]CCc4ccccc4F)[nH]c(=O)c23)C1. The first-order valence-electron chi connectivity index (χ1n) is 9.64. The lowest BCUT2D eigenvalue weighted by atomic mass is 9.89. The number of hydrogen-bond acceptors (Lipinski definition) is 3. The first-order valence-corrected chi connectivity index (χ1v) is 10.5. The van der Waals surface area contributed by atoms with Gasteiger partial charge in [-0.1, -0.05) is 25.1 Å². The van der Waals surface area contributed by atoms with Gasteiger partial charge in [-0.05, 0) is 49.3 Å². The molecule has 6 heteroatoms. The number of thiophene rings is 1. The molecule has 2 atom stereocenters. The van der Waals surface area contributed by atoms with Gasteiger partial charge in [-0.25, -0.2) is 9.37 Å². The highest BCUT2D eigenvalue weighted by atomic mass is 32.1. The molecule has 0 bridgehead atoms. The van der Waals surface area contributed by atoms with E-state index in [0.717, 1.165) is 41.6 Å². The molecule has 27 heavy (non-hydrogen) atoms. The molecule has 4 rings (SSSR count). The zero-order chi connectivity index (χ0) is 19.0. The standard InChI is InChI=1S/C21H24FN3OS/c1-12-7-8-15-17(11-12)27-21-18(15)20(26)24-19(25-21)13(2)23-10-9-14-5-3-4-6-16(14)22/h3-6,12-13,23H,7-11H2,1-2H3,(H,24,25,26)/p+1/t12-,13+/m1/s1. The molecule has 142 valence electrons. The number of nitrogens with zero attached hydrogens (tertiary/aromatic N) is 1. The van der Waals surface area contributed by atoms with Crippen LogP contribution in [0.3, 0.4) is 0 Å². The molecule has 0 unspecified atom stereocenters. The molecule has 0 saturated heterocycles. The topological polar surface area (TPSA) is 62.4 Å². The molecule has 0 aliphatic heterocycles. The van der Waals surface area contributed by atoms with Crippen molar-refractivity contribution in [2.45, 2.75) is 45.6 Å². The summed E-state index contributed by atoms with van der Waals surface area (Å²) in [6.07, 6.45) is 3.81. The van der Waals surface area contributed by atoms with E-state index in [1.165, 1.54) is 16.5 Å². The van der Waals surface area contributed by atoms with Crippen LogP contribution in [-0.2, 0) is 19.3 Å². The van der Waals surface area contributed by atoms with Crippen molar-refractivity contribution in [1.82, 2.24) is 9.97 Å². The lowest BCUT2D eigenvalue weighted by Crippen LogP contribution is -2.85. The molecule has 3 aromatic rings. The largest absolute Gasteiger partial charge is 0.337 e. The van der Waals surface area contributed by atoms with E-state index in [0.29, 0.717) is 18.2 Å². The Hall–Kier alpha value is -2.05. The Labute approximate surface area is 161 Å². The minimum Gasteiger partial charge on any atom is -0.337 e.